The second-order valence-corrected chi connectivity index (χ2v) is 8.96. The van der Waals surface area contributed by atoms with Crippen LogP contribution in [0.1, 0.15) is 6.92 Å². The van der Waals surface area contributed by atoms with Gasteiger partial charge in [-0.1, -0.05) is 30.3 Å². The van der Waals surface area contributed by atoms with E-state index in [9.17, 15) is 0 Å². The van der Waals surface area contributed by atoms with E-state index in [1.165, 1.54) is 5.19 Å². The second-order valence-electron chi connectivity index (χ2n) is 3.61. The largest absolute Gasteiger partial charge is 0.437 e. The van der Waals surface area contributed by atoms with Gasteiger partial charge in [-0.15, -0.1) is 0 Å². The van der Waals surface area contributed by atoms with E-state index < -0.39 is 18.3 Å². The number of hydrogen-bond acceptors (Lipinski definition) is 2. The van der Waals surface area contributed by atoms with E-state index in [2.05, 4.69) is 37.4 Å². The van der Waals surface area contributed by atoms with E-state index in [1.807, 2.05) is 13.0 Å². The first-order valence-electron chi connectivity index (χ1n) is 4.96. The first-order chi connectivity index (χ1) is 6.64. The quantitative estimate of drug-likeness (QED) is 0.701. The molecule has 0 radical (unpaired) electrons. The van der Waals surface area contributed by atoms with Gasteiger partial charge in [-0.25, -0.2) is 0 Å². The molecule has 0 aliphatic carbocycles. The summed E-state index contributed by atoms with van der Waals surface area (Å²) in [6, 6.07) is 10.4. The molecule has 0 N–H and O–H groups in total. The minimum Gasteiger partial charge on any atom is -0.437 e. The Labute approximate surface area is 89.4 Å². The molecule has 0 spiro atoms. The normalized spacial score (nSPS) is 12.5. The van der Waals surface area contributed by atoms with E-state index in [0.29, 0.717) is 0 Å². The van der Waals surface area contributed by atoms with E-state index in [4.69, 9.17) is 8.54 Å². The van der Waals surface area contributed by atoms with Crippen LogP contribution in [0.3, 0.4) is 0 Å². The summed E-state index contributed by atoms with van der Waals surface area (Å²) in [5.74, 6) is 0. The summed E-state index contributed by atoms with van der Waals surface area (Å²) < 4.78 is 11.5. The zero-order chi connectivity index (χ0) is 10.4. The van der Waals surface area contributed by atoms with Crippen LogP contribution in [0.15, 0.2) is 30.3 Å². The van der Waals surface area contributed by atoms with E-state index in [0.717, 1.165) is 6.61 Å². The average molecular weight is 226 g/mol. The molecule has 78 valence electrons. The molecule has 0 amide bonds. The molecule has 0 fully saturated rings. The minimum absolute atomic E-state index is 0.599. The molecule has 2 nitrogen and oxygen atoms in total. The van der Waals surface area contributed by atoms with Gasteiger partial charge >= 0.3 is 8.56 Å². The third-order valence-electron chi connectivity index (χ3n) is 1.92. The molecule has 1 aromatic carbocycles. The van der Waals surface area contributed by atoms with Crippen LogP contribution in [0, 0.1) is 0 Å². The van der Waals surface area contributed by atoms with Crippen LogP contribution in [0.2, 0.25) is 13.1 Å². The summed E-state index contributed by atoms with van der Waals surface area (Å²) in [7, 11) is -2.42. The smallest absolute Gasteiger partial charge is 0.321 e. The van der Waals surface area contributed by atoms with Crippen molar-refractivity contribution >= 4 is 23.5 Å². The maximum atomic E-state index is 5.91. The summed E-state index contributed by atoms with van der Waals surface area (Å²) in [5, 5.41) is 1.34. The van der Waals surface area contributed by atoms with Gasteiger partial charge in [0.05, 0.1) is 0 Å². The highest BCUT2D eigenvalue weighted by molar-refractivity contribution is 6.71. The number of hydrogen-bond donors (Lipinski definition) is 0. The topological polar surface area (TPSA) is 18.5 Å². The molecule has 1 aromatic rings. The van der Waals surface area contributed by atoms with Crippen molar-refractivity contribution in [3.63, 3.8) is 0 Å². The Hall–Kier alpha value is -0.426. The summed E-state index contributed by atoms with van der Waals surface area (Å²) >= 11 is 0. The Morgan fingerprint density at radius 3 is 2.43 bits per heavy atom. The Morgan fingerprint density at radius 2 is 1.86 bits per heavy atom. The third kappa shape index (κ3) is 4.19. The predicted octanol–water partition coefficient (Wildman–Crippen LogP) is 1.15. The van der Waals surface area contributed by atoms with Gasteiger partial charge in [0.1, 0.15) is 0 Å². The first kappa shape index (κ1) is 11.6. The maximum Gasteiger partial charge on any atom is 0.321 e. The zero-order valence-electron chi connectivity index (χ0n) is 9.12. The van der Waals surface area contributed by atoms with Crippen LogP contribution in [0.5, 0.6) is 0 Å². The summed E-state index contributed by atoms with van der Waals surface area (Å²) in [6.07, 6.45) is 0. The highest BCUT2D eigenvalue weighted by Gasteiger charge is 2.22. The van der Waals surface area contributed by atoms with Gasteiger partial charge in [-0.2, -0.15) is 0 Å². The molecule has 0 unspecified atom stereocenters. The van der Waals surface area contributed by atoms with Crippen molar-refractivity contribution in [2.24, 2.45) is 0 Å². The molecule has 0 saturated heterocycles. The van der Waals surface area contributed by atoms with Crippen molar-refractivity contribution in [1.82, 2.24) is 0 Å². The Kier molecular flexibility index (Phi) is 4.54. The lowest BCUT2D eigenvalue weighted by atomic mass is 10.4. The molecule has 4 heteroatoms. The van der Waals surface area contributed by atoms with Gasteiger partial charge in [-0.05, 0) is 25.2 Å². The lowest BCUT2D eigenvalue weighted by molar-refractivity contribution is 0.269. The summed E-state index contributed by atoms with van der Waals surface area (Å²) in [4.78, 5) is 0. The van der Waals surface area contributed by atoms with Crippen LogP contribution < -0.4 is 5.19 Å². The molecular formula is C10H18O2Si2. The molecule has 1 rings (SSSR count). The lowest BCUT2D eigenvalue weighted by Gasteiger charge is -2.22. The predicted molar refractivity (Wildman–Crippen MR) is 64.8 cm³/mol. The SMILES string of the molecule is CCO[Si](C)(C)O[SiH2]c1ccccc1. The van der Waals surface area contributed by atoms with Gasteiger partial charge in [-0.3, -0.25) is 0 Å². The van der Waals surface area contributed by atoms with Crippen LogP contribution in [0.25, 0.3) is 0 Å². The lowest BCUT2D eigenvalue weighted by Crippen LogP contribution is -2.39. The molecular weight excluding hydrogens is 208 g/mol. The van der Waals surface area contributed by atoms with Gasteiger partial charge in [0, 0.05) is 6.61 Å². The van der Waals surface area contributed by atoms with E-state index in [1.54, 1.807) is 0 Å². The fourth-order valence-electron chi connectivity index (χ4n) is 1.22. The van der Waals surface area contributed by atoms with Gasteiger partial charge in [0.2, 0.25) is 0 Å². The summed E-state index contributed by atoms with van der Waals surface area (Å²) in [6.45, 7) is 6.98. The van der Waals surface area contributed by atoms with Crippen molar-refractivity contribution < 1.29 is 8.54 Å². The van der Waals surface area contributed by atoms with Crippen LogP contribution >= 0.6 is 0 Å². The fraction of sp³-hybridized carbons (Fsp3) is 0.400. The van der Waals surface area contributed by atoms with E-state index in [-0.39, 0.29) is 0 Å². The molecule has 0 atom stereocenters. The zero-order valence-corrected chi connectivity index (χ0v) is 11.5. The average Bonchev–Trinajstić information content (AvgIpc) is 2.17. The molecule has 0 bridgehead atoms. The number of benzene rings is 1. The van der Waals surface area contributed by atoms with Gasteiger partial charge in [0.25, 0.3) is 0 Å². The van der Waals surface area contributed by atoms with E-state index >= 15 is 0 Å². The van der Waals surface area contributed by atoms with Crippen LogP contribution in [0.4, 0.5) is 0 Å². The van der Waals surface area contributed by atoms with Crippen molar-refractivity contribution in [2.45, 2.75) is 20.0 Å². The molecule has 0 saturated carbocycles. The highest BCUT2D eigenvalue weighted by Crippen LogP contribution is 2.04. The van der Waals surface area contributed by atoms with Crippen LogP contribution in [-0.4, -0.2) is 24.9 Å². The highest BCUT2D eigenvalue weighted by atomic mass is 28.4. The molecule has 0 aliphatic heterocycles. The van der Waals surface area contributed by atoms with Crippen molar-refractivity contribution in [3.8, 4) is 0 Å². The van der Waals surface area contributed by atoms with Crippen molar-refractivity contribution in [1.29, 1.82) is 0 Å². The van der Waals surface area contributed by atoms with Crippen molar-refractivity contribution in [2.75, 3.05) is 6.61 Å². The Morgan fingerprint density at radius 1 is 1.21 bits per heavy atom. The third-order valence-corrected chi connectivity index (χ3v) is 7.07. The Balaban J connectivity index is 2.40. The first-order valence-corrected chi connectivity index (χ1v) is 9.06. The minimum atomic E-state index is -1.82. The van der Waals surface area contributed by atoms with Gasteiger partial charge < -0.3 is 8.54 Å². The fourth-order valence-corrected chi connectivity index (χ4v) is 4.77. The van der Waals surface area contributed by atoms with Crippen LogP contribution in [-0.2, 0) is 8.54 Å². The number of rotatable bonds is 5. The second kappa shape index (κ2) is 5.45. The monoisotopic (exact) mass is 226 g/mol. The van der Waals surface area contributed by atoms with Crippen molar-refractivity contribution in [3.05, 3.63) is 30.3 Å². The molecule has 14 heavy (non-hydrogen) atoms. The standard InChI is InChI=1S/C10H18O2Si2/c1-4-11-14(2,3)12-13-10-8-6-5-7-9-10/h5-9H,4,13H2,1-3H3. The molecule has 0 aliphatic rings. The molecule has 0 heterocycles. The Bertz CT molecular complexity index is 262. The molecule has 0 aromatic heterocycles. The maximum absolute atomic E-state index is 5.91. The summed E-state index contributed by atoms with van der Waals surface area (Å²) in [5.41, 5.74) is 0. The van der Waals surface area contributed by atoms with Gasteiger partial charge in [0.15, 0.2) is 9.76 Å².